The number of hydrogen-bond acceptors (Lipinski definition) is 3. The lowest BCUT2D eigenvalue weighted by atomic mass is 10.1. The van der Waals surface area contributed by atoms with E-state index >= 15 is 0 Å². The molecule has 5 nitrogen and oxygen atoms in total. The first-order valence-corrected chi connectivity index (χ1v) is 7.37. The van der Waals surface area contributed by atoms with Gasteiger partial charge in [0.05, 0.1) is 13.7 Å². The third-order valence-corrected chi connectivity index (χ3v) is 3.21. The topological polar surface area (TPSA) is 67.4 Å². The van der Waals surface area contributed by atoms with Crippen LogP contribution in [0.4, 0.5) is 10.5 Å². The summed E-state index contributed by atoms with van der Waals surface area (Å²) in [6.07, 6.45) is 0. The fraction of sp³-hybridized carbons (Fsp3) is 0.158. The van der Waals surface area contributed by atoms with Crippen molar-refractivity contribution in [2.24, 2.45) is 0 Å². The number of nitrogens with one attached hydrogen (secondary N) is 2. The summed E-state index contributed by atoms with van der Waals surface area (Å²) in [7, 11) is 1.58. The Morgan fingerprint density at radius 1 is 1.04 bits per heavy atom. The van der Waals surface area contributed by atoms with E-state index in [-0.39, 0.29) is 18.4 Å². The van der Waals surface area contributed by atoms with Crippen molar-refractivity contribution in [3.8, 4) is 17.6 Å². The summed E-state index contributed by atoms with van der Waals surface area (Å²) in [5, 5.41) is 5.35. The first-order chi connectivity index (χ1) is 11.6. The lowest BCUT2D eigenvalue weighted by Crippen LogP contribution is -2.28. The van der Waals surface area contributed by atoms with E-state index in [0.29, 0.717) is 11.3 Å². The third kappa shape index (κ3) is 5.18. The van der Waals surface area contributed by atoms with Gasteiger partial charge < -0.3 is 15.4 Å². The summed E-state index contributed by atoms with van der Waals surface area (Å²) in [5.74, 6) is 6.53. The lowest BCUT2D eigenvalue weighted by molar-refractivity contribution is 0.101. The summed E-state index contributed by atoms with van der Waals surface area (Å²) in [5.41, 5.74) is 2.11. The molecule has 0 aliphatic rings. The Bertz CT molecular complexity index is 769. The molecular formula is C19H18N2O3. The summed E-state index contributed by atoms with van der Waals surface area (Å²) in [6, 6.07) is 13.7. The Morgan fingerprint density at radius 2 is 1.71 bits per heavy atom. The van der Waals surface area contributed by atoms with E-state index in [1.807, 2.05) is 0 Å². The summed E-state index contributed by atoms with van der Waals surface area (Å²) < 4.78 is 5.05. The fourth-order valence-corrected chi connectivity index (χ4v) is 1.91. The second-order valence-corrected chi connectivity index (χ2v) is 4.97. The number of anilines is 1. The zero-order valence-electron chi connectivity index (χ0n) is 13.6. The molecule has 0 atom stereocenters. The van der Waals surface area contributed by atoms with E-state index in [0.717, 1.165) is 11.3 Å². The molecule has 5 heteroatoms. The van der Waals surface area contributed by atoms with Crippen molar-refractivity contribution in [3.63, 3.8) is 0 Å². The molecular weight excluding hydrogens is 304 g/mol. The van der Waals surface area contributed by atoms with Gasteiger partial charge in [-0.1, -0.05) is 24.0 Å². The molecule has 0 aliphatic heterocycles. The third-order valence-electron chi connectivity index (χ3n) is 3.21. The molecule has 0 bridgehead atoms. The molecule has 0 unspecified atom stereocenters. The Labute approximate surface area is 141 Å². The molecule has 2 aromatic rings. The van der Waals surface area contributed by atoms with Crippen molar-refractivity contribution in [2.75, 3.05) is 19.0 Å². The first kappa shape index (κ1) is 17.1. The zero-order valence-corrected chi connectivity index (χ0v) is 13.6. The second-order valence-electron chi connectivity index (χ2n) is 4.97. The van der Waals surface area contributed by atoms with Crippen LogP contribution in [0, 0.1) is 11.8 Å². The lowest BCUT2D eigenvalue weighted by Gasteiger charge is -2.06. The number of hydrogen-bond donors (Lipinski definition) is 2. The number of rotatable bonds is 4. The van der Waals surface area contributed by atoms with Crippen LogP contribution in [0.2, 0.25) is 0 Å². The molecule has 24 heavy (non-hydrogen) atoms. The average Bonchev–Trinajstić information content (AvgIpc) is 2.60. The van der Waals surface area contributed by atoms with Crippen LogP contribution in [-0.4, -0.2) is 25.5 Å². The minimum atomic E-state index is -0.332. The number of urea groups is 1. The predicted molar refractivity (Wildman–Crippen MR) is 93.3 cm³/mol. The normalized spacial score (nSPS) is 9.42. The highest BCUT2D eigenvalue weighted by molar-refractivity contribution is 5.94. The Morgan fingerprint density at radius 3 is 2.29 bits per heavy atom. The Balaban J connectivity index is 1.81. The Kier molecular flexibility index (Phi) is 5.98. The molecule has 2 aromatic carbocycles. The van der Waals surface area contributed by atoms with E-state index in [1.165, 1.54) is 6.92 Å². The molecule has 0 spiro atoms. The maximum absolute atomic E-state index is 11.7. The van der Waals surface area contributed by atoms with Gasteiger partial charge in [-0.05, 0) is 43.3 Å². The van der Waals surface area contributed by atoms with Gasteiger partial charge in [0.1, 0.15) is 5.75 Å². The van der Waals surface area contributed by atoms with E-state index in [4.69, 9.17) is 4.74 Å². The molecule has 2 amide bonds. The van der Waals surface area contributed by atoms with Crippen molar-refractivity contribution in [2.45, 2.75) is 6.92 Å². The van der Waals surface area contributed by atoms with Gasteiger partial charge in [0.2, 0.25) is 0 Å². The minimum absolute atomic E-state index is 0.0198. The van der Waals surface area contributed by atoms with E-state index < -0.39 is 0 Å². The maximum atomic E-state index is 11.7. The molecule has 0 radical (unpaired) electrons. The highest BCUT2D eigenvalue weighted by atomic mass is 16.5. The van der Waals surface area contributed by atoms with Gasteiger partial charge in [-0.2, -0.15) is 0 Å². The van der Waals surface area contributed by atoms with Crippen molar-refractivity contribution in [3.05, 3.63) is 59.7 Å². The van der Waals surface area contributed by atoms with Crippen LogP contribution in [0.1, 0.15) is 22.8 Å². The number of ether oxygens (including phenoxy) is 1. The smallest absolute Gasteiger partial charge is 0.319 e. The van der Waals surface area contributed by atoms with E-state index in [1.54, 1.807) is 55.6 Å². The van der Waals surface area contributed by atoms with Crippen LogP contribution in [0.15, 0.2) is 48.5 Å². The highest BCUT2D eigenvalue weighted by Gasteiger charge is 2.00. The quantitative estimate of drug-likeness (QED) is 0.671. The number of ketones is 1. The minimum Gasteiger partial charge on any atom is -0.497 e. The molecule has 0 saturated heterocycles. The van der Waals surface area contributed by atoms with Crippen LogP contribution < -0.4 is 15.4 Å². The van der Waals surface area contributed by atoms with Crippen LogP contribution in [0.25, 0.3) is 0 Å². The van der Waals surface area contributed by atoms with Crippen molar-refractivity contribution < 1.29 is 14.3 Å². The second kappa shape index (κ2) is 8.39. The number of carbonyl (C=O) groups is 2. The van der Waals surface area contributed by atoms with Crippen LogP contribution in [-0.2, 0) is 0 Å². The van der Waals surface area contributed by atoms with Gasteiger partial charge in [0.25, 0.3) is 0 Å². The number of methoxy groups -OCH3 is 1. The zero-order chi connectivity index (χ0) is 17.4. The molecule has 2 rings (SSSR count). The number of carbonyl (C=O) groups excluding carboxylic acids is 2. The molecule has 0 aromatic heterocycles. The first-order valence-electron chi connectivity index (χ1n) is 7.37. The Hall–Kier alpha value is -3.26. The van der Waals surface area contributed by atoms with Gasteiger partial charge >= 0.3 is 6.03 Å². The molecule has 0 aliphatic carbocycles. The molecule has 122 valence electrons. The van der Waals surface area contributed by atoms with Crippen LogP contribution in [0.3, 0.4) is 0 Å². The highest BCUT2D eigenvalue weighted by Crippen LogP contribution is 2.14. The number of amides is 2. The largest absolute Gasteiger partial charge is 0.497 e. The molecule has 0 heterocycles. The maximum Gasteiger partial charge on any atom is 0.319 e. The monoisotopic (exact) mass is 322 g/mol. The molecule has 2 N–H and O–H groups in total. The van der Waals surface area contributed by atoms with Gasteiger partial charge in [-0.3, -0.25) is 4.79 Å². The van der Waals surface area contributed by atoms with Crippen molar-refractivity contribution in [1.29, 1.82) is 0 Å². The summed E-state index contributed by atoms with van der Waals surface area (Å²) in [6.45, 7) is 1.74. The number of benzene rings is 2. The SMILES string of the molecule is COc1ccc(NC(=O)NCC#Cc2ccc(C(C)=O)cc2)cc1. The molecule has 0 fully saturated rings. The van der Waals surface area contributed by atoms with Crippen LogP contribution >= 0.6 is 0 Å². The fourth-order valence-electron chi connectivity index (χ4n) is 1.91. The predicted octanol–water partition coefficient (Wildman–Crippen LogP) is 3.07. The van der Waals surface area contributed by atoms with Crippen molar-refractivity contribution >= 4 is 17.5 Å². The molecule has 0 saturated carbocycles. The van der Waals surface area contributed by atoms with Crippen LogP contribution in [0.5, 0.6) is 5.75 Å². The van der Waals surface area contributed by atoms with Gasteiger partial charge in [0, 0.05) is 16.8 Å². The standard InChI is InChI=1S/C19H18N2O3/c1-14(22)16-7-5-15(6-8-16)4-3-13-20-19(23)21-17-9-11-18(24-2)12-10-17/h5-12H,13H2,1-2H3,(H2,20,21,23). The summed E-state index contributed by atoms with van der Waals surface area (Å²) >= 11 is 0. The average molecular weight is 322 g/mol. The van der Waals surface area contributed by atoms with E-state index in [2.05, 4.69) is 22.5 Å². The van der Waals surface area contributed by atoms with Gasteiger partial charge in [-0.15, -0.1) is 0 Å². The van der Waals surface area contributed by atoms with Gasteiger partial charge in [-0.25, -0.2) is 4.79 Å². The van der Waals surface area contributed by atoms with E-state index in [9.17, 15) is 9.59 Å². The van der Waals surface area contributed by atoms with Gasteiger partial charge in [0.15, 0.2) is 5.78 Å². The van der Waals surface area contributed by atoms with Crippen molar-refractivity contribution in [1.82, 2.24) is 5.32 Å². The summed E-state index contributed by atoms with van der Waals surface area (Å²) in [4.78, 5) is 22.9. The number of Topliss-reactive ketones (excluding diaryl/α,β-unsaturated/α-hetero) is 1.